The number of carbonyl (C=O) groups excluding carboxylic acids is 1. The largest absolute Gasteiger partial charge is 0.321 e. The van der Waals surface area contributed by atoms with Crippen molar-refractivity contribution >= 4 is 44.9 Å². The Hall–Kier alpha value is -1.63. The highest BCUT2D eigenvalue weighted by molar-refractivity contribution is 9.10. The Morgan fingerprint density at radius 2 is 2.11 bits per heavy atom. The average Bonchev–Trinajstić information content (AvgIpc) is 2.44. The summed E-state index contributed by atoms with van der Waals surface area (Å²) in [7, 11) is 0. The van der Waals surface area contributed by atoms with Crippen molar-refractivity contribution in [3.63, 3.8) is 0 Å². The zero-order chi connectivity index (χ0) is 13.8. The van der Waals surface area contributed by atoms with Gasteiger partial charge in [0.2, 0.25) is 0 Å². The van der Waals surface area contributed by atoms with Crippen LogP contribution in [0.5, 0.6) is 0 Å². The number of hydrazine groups is 1. The summed E-state index contributed by atoms with van der Waals surface area (Å²) in [6.07, 6.45) is 1.43. The first-order valence-corrected chi connectivity index (χ1v) is 6.47. The number of aromatic nitrogens is 1. The smallest absolute Gasteiger partial charge is 0.257 e. The molecule has 0 atom stereocenters. The molecule has 0 aliphatic heterocycles. The molecule has 0 radical (unpaired) electrons. The maximum atomic E-state index is 12.0. The normalized spacial score (nSPS) is 10.1. The van der Waals surface area contributed by atoms with E-state index in [9.17, 15) is 4.79 Å². The molecule has 0 unspecified atom stereocenters. The lowest BCUT2D eigenvalue weighted by Gasteiger charge is -2.08. The fourth-order valence-corrected chi connectivity index (χ4v) is 1.95. The van der Waals surface area contributed by atoms with Gasteiger partial charge in [-0.3, -0.25) is 4.79 Å². The Bertz CT molecular complexity index is 603. The number of halogens is 2. The minimum absolute atomic E-state index is 0.279. The molecule has 0 saturated heterocycles. The van der Waals surface area contributed by atoms with Crippen LogP contribution in [-0.2, 0) is 0 Å². The van der Waals surface area contributed by atoms with E-state index in [2.05, 4.69) is 31.7 Å². The van der Waals surface area contributed by atoms with Crippen molar-refractivity contribution in [3.05, 3.63) is 51.6 Å². The Labute approximate surface area is 123 Å². The Kier molecular flexibility index (Phi) is 4.36. The van der Waals surface area contributed by atoms with Gasteiger partial charge in [-0.1, -0.05) is 17.7 Å². The molecule has 2 aromatic rings. The number of carbonyl (C=O) groups is 1. The number of nitrogen functional groups attached to an aromatic ring is 1. The van der Waals surface area contributed by atoms with Crippen molar-refractivity contribution in [1.82, 2.24) is 4.98 Å². The molecule has 7 heteroatoms. The predicted molar refractivity (Wildman–Crippen MR) is 79.2 cm³/mol. The van der Waals surface area contributed by atoms with Gasteiger partial charge in [-0.2, -0.15) is 0 Å². The van der Waals surface area contributed by atoms with Crippen LogP contribution in [0.15, 0.2) is 41.0 Å². The number of benzene rings is 1. The van der Waals surface area contributed by atoms with Crippen LogP contribution in [0.4, 0.5) is 11.5 Å². The zero-order valence-electron chi connectivity index (χ0n) is 9.65. The fraction of sp³-hybridized carbons (Fsp3) is 0. The standard InChI is InChI=1S/C12H10BrClN4O/c13-11-8(14)2-1-3-9(11)17-12(19)7-4-5-10(18-15)16-6-7/h1-6H,15H2,(H,16,18)(H,17,19). The highest BCUT2D eigenvalue weighted by atomic mass is 79.9. The molecule has 0 aliphatic carbocycles. The zero-order valence-corrected chi connectivity index (χ0v) is 12.0. The molecule has 0 aliphatic rings. The summed E-state index contributed by atoms with van der Waals surface area (Å²) >= 11 is 9.27. The first-order valence-electron chi connectivity index (χ1n) is 5.30. The van der Waals surface area contributed by atoms with Crippen LogP contribution in [0.25, 0.3) is 0 Å². The number of nitrogens with two attached hydrogens (primary N) is 1. The number of anilines is 2. The van der Waals surface area contributed by atoms with E-state index in [0.29, 0.717) is 26.6 Å². The van der Waals surface area contributed by atoms with Crippen LogP contribution in [0.1, 0.15) is 10.4 Å². The van der Waals surface area contributed by atoms with Gasteiger partial charge in [-0.15, -0.1) is 0 Å². The van der Waals surface area contributed by atoms with Crippen molar-refractivity contribution in [1.29, 1.82) is 0 Å². The van der Waals surface area contributed by atoms with E-state index >= 15 is 0 Å². The SMILES string of the molecule is NNc1ccc(C(=O)Nc2cccc(Cl)c2Br)cn1. The number of hydrogen-bond donors (Lipinski definition) is 3. The summed E-state index contributed by atoms with van der Waals surface area (Å²) in [4.78, 5) is 16.0. The molecule has 1 aromatic heterocycles. The second kappa shape index (κ2) is 6.01. The number of pyridine rings is 1. The molecule has 1 aromatic carbocycles. The van der Waals surface area contributed by atoms with Gasteiger partial charge < -0.3 is 10.7 Å². The summed E-state index contributed by atoms with van der Waals surface area (Å²) in [5.74, 6) is 5.41. The minimum Gasteiger partial charge on any atom is -0.321 e. The molecule has 0 spiro atoms. The molecule has 0 fully saturated rings. The first kappa shape index (κ1) is 13.8. The summed E-state index contributed by atoms with van der Waals surface area (Å²) in [5, 5.41) is 3.27. The number of rotatable bonds is 3. The lowest BCUT2D eigenvalue weighted by atomic mass is 10.2. The van der Waals surface area contributed by atoms with Crippen molar-refractivity contribution in [3.8, 4) is 0 Å². The Balaban J connectivity index is 2.18. The highest BCUT2D eigenvalue weighted by Gasteiger charge is 2.10. The number of nitrogens with zero attached hydrogens (tertiary/aromatic N) is 1. The van der Waals surface area contributed by atoms with Crippen LogP contribution in [0, 0.1) is 0 Å². The van der Waals surface area contributed by atoms with Gasteiger partial charge in [0.05, 0.1) is 20.7 Å². The molecule has 98 valence electrons. The van der Waals surface area contributed by atoms with E-state index in [1.807, 2.05) is 0 Å². The van der Waals surface area contributed by atoms with Gasteiger partial charge in [0.1, 0.15) is 5.82 Å². The number of amides is 1. The second-order valence-electron chi connectivity index (χ2n) is 3.63. The number of nitrogens with one attached hydrogen (secondary N) is 2. The Morgan fingerprint density at radius 3 is 2.74 bits per heavy atom. The van der Waals surface area contributed by atoms with E-state index in [4.69, 9.17) is 17.4 Å². The molecule has 4 N–H and O–H groups in total. The fourth-order valence-electron chi connectivity index (χ4n) is 1.41. The molecule has 2 rings (SSSR count). The molecule has 5 nitrogen and oxygen atoms in total. The topological polar surface area (TPSA) is 80.0 Å². The molecule has 0 saturated carbocycles. The number of hydrogen-bond acceptors (Lipinski definition) is 4. The molecular weight excluding hydrogens is 332 g/mol. The molecule has 0 bridgehead atoms. The highest BCUT2D eigenvalue weighted by Crippen LogP contribution is 2.30. The minimum atomic E-state index is -0.279. The third-order valence-electron chi connectivity index (χ3n) is 2.37. The summed E-state index contributed by atoms with van der Waals surface area (Å²) in [5.41, 5.74) is 3.41. The van der Waals surface area contributed by atoms with Gasteiger partial charge in [0.25, 0.3) is 5.91 Å². The third-order valence-corrected chi connectivity index (χ3v) is 3.77. The van der Waals surface area contributed by atoms with E-state index in [1.54, 1.807) is 30.3 Å². The lowest BCUT2D eigenvalue weighted by molar-refractivity contribution is 0.102. The van der Waals surface area contributed by atoms with Crippen molar-refractivity contribution in [2.24, 2.45) is 5.84 Å². The van der Waals surface area contributed by atoms with E-state index < -0.39 is 0 Å². The molecule has 1 heterocycles. The molecule has 1 amide bonds. The van der Waals surface area contributed by atoms with Gasteiger partial charge in [0.15, 0.2) is 0 Å². The van der Waals surface area contributed by atoms with E-state index in [1.165, 1.54) is 6.20 Å². The molecule has 19 heavy (non-hydrogen) atoms. The maximum absolute atomic E-state index is 12.0. The van der Waals surface area contributed by atoms with Gasteiger partial charge in [0, 0.05) is 6.20 Å². The lowest BCUT2D eigenvalue weighted by Crippen LogP contribution is -2.14. The van der Waals surface area contributed by atoms with Gasteiger partial charge in [-0.25, -0.2) is 10.8 Å². The summed E-state index contributed by atoms with van der Waals surface area (Å²) in [6.45, 7) is 0. The van der Waals surface area contributed by atoms with Crippen LogP contribution in [-0.4, -0.2) is 10.9 Å². The predicted octanol–water partition coefficient (Wildman–Crippen LogP) is 3.04. The quantitative estimate of drug-likeness (QED) is 0.592. The second-order valence-corrected chi connectivity index (χ2v) is 4.83. The van der Waals surface area contributed by atoms with Crippen molar-refractivity contribution in [2.75, 3.05) is 10.7 Å². The summed E-state index contributed by atoms with van der Waals surface area (Å²) in [6, 6.07) is 8.46. The Morgan fingerprint density at radius 1 is 1.32 bits per heavy atom. The van der Waals surface area contributed by atoms with Gasteiger partial charge in [-0.05, 0) is 40.2 Å². The van der Waals surface area contributed by atoms with Crippen LogP contribution < -0.4 is 16.6 Å². The molecular formula is C12H10BrClN4O. The maximum Gasteiger partial charge on any atom is 0.257 e. The monoisotopic (exact) mass is 340 g/mol. The van der Waals surface area contributed by atoms with E-state index in [-0.39, 0.29) is 5.91 Å². The van der Waals surface area contributed by atoms with Crippen LogP contribution >= 0.6 is 27.5 Å². The summed E-state index contributed by atoms with van der Waals surface area (Å²) < 4.78 is 0.637. The van der Waals surface area contributed by atoms with Gasteiger partial charge >= 0.3 is 0 Å². The average molecular weight is 342 g/mol. The van der Waals surface area contributed by atoms with E-state index in [0.717, 1.165) is 0 Å². The van der Waals surface area contributed by atoms with Crippen molar-refractivity contribution in [2.45, 2.75) is 0 Å². The third kappa shape index (κ3) is 3.23. The van der Waals surface area contributed by atoms with Crippen molar-refractivity contribution < 1.29 is 4.79 Å². The van der Waals surface area contributed by atoms with Crippen LogP contribution in [0.2, 0.25) is 5.02 Å². The van der Waals surface area contributed by atoms with Crippen LogP contribution in [0.3, 0.4) is 0 Å². The first-order chi connectivity index (χ1) is 9.11.